The number of nitrogens with zero attached hydrogens (tertiary/aromatic N) is 4. The predicted molar refractivity (Wildman–Crippen MR) is 164 cm³/mol. The summed E-state index contributed by atoms with van der Waals surface area (Å²) in [7, 11) is 9.48. The van der Waals surface area contributed by atoms with E-state index >= 15 is 0 Å². The number of amides is 1. The zero-order chi connectivity index (χ0) is 28.6. The third kappa shape index (κ3) is 6.80. The standard InChI is InChI=1S/C29H39N9O2/c1-7-27(39)33-22-17-23(26(40-6)18-25(22)38(5)14-13-37(3)4)35-29-32-12-10-21(34-29)20-15-19-9-8-11-31-28(19)24(16-20)36-30-2/h7,10,12,15-18,30-31,36H,1,8-9,11,13-14H2,2-6H3,(H,33,39)(H,32,34,35). The molecule has 0 fully saturated rings. The van der Waals surface area contributed by atoms with Crippen molar-refractivity contribution in [3.8, 4) is 17.0 Å². The van der Waals surface area contributed by atoms with Crippen molar-refractivity contribution in [3.63, 3.8) is 0 Å². The second-order valence-corrected chi connectivity index (χ2v) is 9.84. The van der Waals surface area contributed by atoms with Gasteiger partial charge >= 0.3 is 0 Å². The lowest BCUT2D eigenvalue weighted by atomic mass is 9.98. The molecule has 40 heavy (non-hydrogen) atoms. The van der Waals surface area contributed by atoms with E-state index in [0.717, 1.165) is 60.8 Å². The molecule has 1 aromatic heterocycles. The van der Waals surface area contributed by atoms with Gasteiger partial charge in [-0.05, 0) is 62.8 Å². The first kappa shape index (κ1) is 28.7. The lowest BCUT2D eigenvalue weighted by Gasteiger charge is -2.26. The van der Waals surface area contributed by atoms with Gasteiger partial charge in [0.1, 0.15) is 5.75 Å². The number of hydrogen-bond donors (Lipinski definition) is 5. The number of nitrogens with one attached hydrogen (secondary N) is 5. The highest BCUT2D eigenvalue weighted by Gasteiger charge is 2.18. The monoisotopic (exact) mass is 545 g/mol. The number of carbonyl (C=O) groups is 1. The fraction of sp³-hybridized carbons (Fsp3) is 0.345. The second kappa shape index (κ2) is 13.1. The molecule has 0 radical (unpaired) electrons. The van der Waals surface area contributed by atoms with Gasteiger partial charge in [-0.3, -0.25) is 4.79 Å². The Balaban J connectivity index is 1.68. The van der Waals surface area contributed by atoms with Crippen LogP contribution in [0.5, 0.6) is 5.75 Å². The summed E-state index contributed by atoms with van der Waals surface area (Å²) in [5, 5.41) is 9.71. The van der Waals surface area contributed by atoms with E-state index in [2.05, 4.69) is 60.3 Å². The SMILES string of the molecule is C=CC(=O)Nc1cc(Nc2nccc(-c3cc4c(c(NNC)c3)NCCC4)n2)c(OC)cc1N(C)CCN(C)C. The van der Waals surface area contributed by atoms with Gasteiger partial charge in [-0.1, -0.05) is 6.58 Å². The predicted octanol–water partition coefficient (Wildman–Crippen LogP) is 3.92. The number of rotatable bonds is 12. The highest BCUT2D eigenvalue weighted by molar-refractivity contribution is 6.02. The molecule has 11 nitrogen and oxygen atoms in total. The fourth-order valence-electron chi connectivity index (χ4n) is 4.59. The number of fused-ring (bicyclic) bond motifs is 1. The number of methoxy groups -OCH3 is 1. The van der Waals surface area contributed by atoms with Crippen molar-refractivity contribution >= 4 is 40.3 Å². The molecule has 0 atom stereocenters. The summed E-state index contributed by atoms with van der Waals surface area (Å²) in [6, 6.07) is 9.87. The molecule has 2 heterocycles. The van der Waals surface area contributed by atoms with Gasteiger partial charge in [0.15, 0.2) is 0 Å². The first-order valence-corrected chi connectivity index (χ1v) is 13.3. The van der Waals surface area contributed by atoms with Crippen LogP contribution in [-0.2, 0) is 11.2 Å². The average Bonchev–Trinajstić information content (AvgIpc) is 2.96. The summed E-state index contributed by atoms with van der Waals surface area (Å²) < 4.78 is 5.73. The third-order valence-corrected chi connectivity index (χ3v) is 6.66. The van der Waals surface area contributed by atoms with E-state index in [4.69, 9.17) is 9.72 Å². The Kier molecular flexibility index (Phi) is 9.41. The highest BCUT2D eigenvalue weighted by atomic mass is 16.5. The van der Waals surface area contributed by atoms with Crippen LogP contribution in [0.1, 0.15) is 12.0 Å². The smallest absolute Gasteiger partial charge is 0.247 e. The molecule has 5 N–H and O–H groups in total. The maximum absolute atomic E-state index is 12.3. The number of benzene rings is 2. The molecule has 1 amide bonds. The minimum absolute atomic E-state index is 0.301. The number of anilines is 6. The van der Waals surface area contributed by atoms with Crippen LogP contribution in [0.3, 0.4) is 0 Å². The Morgan fingerprint density at radius 1 is 1.15 bits per heavy atom. The van der Waals surface area contributed by atoms with Crippen molar-refractivity contribution < 1.29 is 9.53 Å². The van der Waals surface area contributed by atoms with Gasteiger partial charge in [-0.15, -0.1) is 0 Å². The number of ether oxygens (including phenoxy) is 1. The van der Waals surface area contributed by atoms with Crippen LogP contribution in [0.4, 0.5) is 34.4 Å². The Bertz CT molecular complexity index is 1360. The fourth-order valence-corrected chi connectivity index (χ4v) is 4.59. The van der Waals surface area contributed by atoms with E-state index in [9.17, 15) is 4.79 Å². The topological polar surface area (TPSA) is 119 Å². The van der Waals surface area contributed by atoms with Gasteiger partial charge in [0.25, 0.3) is 0 Å². The normalized spacial score (nSPS) is 12.2. The average molecular weight is 546 g/mol. The molecule has 1 aliphatic rings. The van der Waals surface area contributed by atoms with Crippen LogP contribution in [0, 0.1) is 0 Å². The van der Waals surface area contributed by atoms with E-state index in [-0.39, 0.29) is 5.91 Å². The Morgan fingerprint density at radius 3 is 2.70 bits per heavy atom. The molecule has 1 aliphatic heterocycles. The van der Waals surface area contributed by atoms with Crippen molar-refractivity contribution in [1.82, 2.24) is 20.3 Å². The first-order chi connectivity index (χ1) is 19.3. The van der Waals surface area contributed by atoms with Crippen molar-refractivity contribution in [2.75, 3.05) is 81.2 Å². The summed E-state index contributed by atoms with van der Waals surface area (Å²) >= 11 is 0. The number of hydrogen-bond acceptors (Lipinski definition) is 10. The molecule has 0 saturated heterocycles. The molecular formula is C29H39N9O2. The molecule has 0 spiro atoms. The van der Waals surface area contributed by atoms with E-state index < -0.39 is 0 Å². The molecule has 0 bridgehead atoms. The molecule has 11 heteroatoms. The van der Waals surface area contributed by atoms with Crippen molar-refractivity contribution in [2.24, 2.45) is 0 Å². The van der Waals surface area contributed by atoms with Gasteiger partial charge < -0.3 is 35.9 Å². The molecule has 212 valence electrons. The quantitative estimate of drug-likeness (QED) is 0.169. The molecule has 0 saturated carbocycles. The number of aryl methyl sites for hydroxylation is 1. The lowest BCUT2D eigenvalue weighted by molar-refractivity contribution is -0.111. The van der Waals surface area contributed by atoms with Crippen molar-refractivity contribution in [2.45, 2.75) is 12.8 Å². The molecule has 4 rings (SSSR count). The van der Waals surface area contributed by atoms with Gasteiger partial charge in [0, 0.05) is 51.6 Å². The zero-order valence-electron chi connectivity index (χ0n) is 23.9. The lowest BCUT2D eigenvalue weighted by Crippen LogP contribution is -2.29. The summed E-state index contributed by atoms with van der Waals surface area (Å²) in [6.45, 7) is 6.15. The van der Waals surface area contributed by atoms with Crippen LogP contribution >= 0.6 is 0 Å². The molecular weight excluding hydrogens is 506 g/mol. The summed E-state index contributed by atoms with van der Waals surface area (Å²) in [5.74, 6) is 0.701. The number of hydrazine groups is 1. The van der Waals surface area contributed by atoms with Crippen molar-refractivity contribution in [1.29, 1.82) is 0 Å². The highest BCUT2D eigenvalue weighted by Crippen LogP contribution is 2.39. The van der Waals surface area contributed by atoms with E-state index in [0.29, 0.717) is 23.1 Å². The number of aromatic nitrogens is 2. The van der Waals surface area contributed by atoms with Crippen molar-refractivity contribution in [3.05, 3.63) is 54.7 Å². The maximum atomic E-state index is 12.3. The van der Waals surface area contributed by atoms with Crippen LogP contribution in [0.25, 0.3) is 11.3 Å². The Labute approximate surface area is 236 Å². The minimum Gasteiger partial charge on any atom is -0.494 e. The van der Waals surface area contributed by atoms with Crippen LogP contribution in [-0.4, -0.2) is 75.7 Å². The van der Waals surface area contributed by atoms with Gasteiger partial charge in [-0.2, -0.15) is 0 Å². The van der Waals surface area contributed by atoms with Crippen LogP contribution in [0.15, 0.2) is 49.2 Å². The number of carbonyl (C=O) groups excluding carboxylic acids is 1. The Morgan fingerprint density at radius 2 is 1.98 bits per heavy atom. The second-order valence-electron chi connectivity index (χ2n) is 9.84. The molecule has 3 aromatic rings. The van der Waals surface area contributed by atoms with E-state index in [1.165, 1.54) is 11.6 Å². The first-order valence-electron chi connectivity index (χ1n) is 13.3. The number of likely N-dealkylation sites (N-methyl/N-ethyl adjacent to an activating group) is 2. The van der Waals surface area contributed by atoms with Gasteiger partial charge in [0.05, 0.1) is 41.2 Å². The zero-order valence-corrected chi connectivity index (χ0v) is 23.9. The van der Waals surface area contributed by atoms with Crippen LogP contribution in [0.2, 0.25) is 0 Å². The van der Waals surface area contributed by atoms with Gasteiger partial charge in [0.2, 0.25) is 11.9 Å². The maximum Gasteiger partial charge on any atom is 0.247 e. The summed E-state index contributed by atoms with van der Waals surface area (Å²) in [5.41, 5.74) is 13.4. The molecule has 0 aliphatic carbocycles. The van der Waals surface area contributed by atoms with E-state index in [1.807, 2.05) is 46.4 Å². The molecule has 0 unspecified atom stereocenters. The Hall–Kier alpha value is -4.35. The van der Waals surface area contributed by atoms with E-state index in [1.54, 1.807) is 13.3 Å². The summed E-state index contributed by atoms with van der Waals surface area (Å²) in [4.78, 5) is 25.7. The summed E-state index contributed by atoms with van der Waals surface area (Å²) in [6.07, 6.45) is 5.05. The third-order valence-electron chi connectivity index (χ3n) is 6.66. The largest absolute Gasteiger partial charge is 0.494 e. The minimum atomic E-state index is -0.301. The van der Waals surface area contributed by atoms with Gasteiger partial charge in [-0.25, -0.2) is 15.4 Å². The molecule has 2 aromatic carbocycles. The van der Waals surface area contributed by atoms with Crippen LogP contribution < -0.4 is 36.4 Å².